The number of alkyl halides is 2. The molecule has 0 saturated carbocycles. The molecule has 47 heavy (non-hydrogen) atoms. The second-order valence-corrected chi connectivity index (χ2v) is 16.3. The Labute approximate surface area is 278 Å². The lowest BCUT2D eigenvalue weighted by Crippen LogP contribution is -2.58. The first-order valence-corrected chi connectivity index (χ1v) is 18.2. The van der Waals surface area contributed by atoms with E-state index in [0.29, 0.717) is 29.2 Å². The Kier molecular flexibility index (Phi) is 10.0. The highest BCUT2D eigenvalue weighted by atomic mass is 32.1. The molecule has 3 heterocycles. The highest BCUT2D eigenvalue weighted by Gasteiger charge is 2.50. The summed E-state index contributed by atoms with van der Waals surface area (Å²) in [6, 6.07) is 12.3. The number of thiazole rings is 1. The zero-order chi connectivity index (χ0) is 34.1. The van der Waals surface area contributed by atoms with Crippen LogP contribution < -0.4 is 10.6 Å². The van der Waals surface area contributed by atoms with Crippen LogP contribution in [0.15, 0.2) is 60.8 Å². The average Bonchev–Trinajstić information content (AvgIpc) is 3.58. The van der Waals surface area contributed by atoms with Gasteiger partial charge in [-0.15, -0.1) is 11.3 Å². The minimum absolute atomic E-state index is 0.127. The summed E-state index contributed by atoms with van der Waals surface area (Å²) in [5.74, 6) is -1.39. The maximum atomic E-state index is 14.3. The molecule has 0 aliphatic carbocycles. The number of hydrogen-bond acceptors (Lipinski definition) is 7. The van der Waals surface area contributed by atoms with E-state index < -0.39 is 48.1 Å². The fourth-order valence-electron chi connectivity index (χ4n) is 5.43. The Hall–Kier alpha value is -3.55. The van der Waals surface area contributed by atoms with Crippen LogP contribution >= 0.6 is 30.3 Å². The molecule has 2 aromatic carbocycles. The van der Waals surface area contributed by atoms with Gasteiger partial charge in [0.1, 0.15) is 12.1 Å². The van der Waals surface area contributed by atoms with Gasteiger partial charge in [-0.2, -0.15) is 8.78 Å². The molecule has 15 heteroatoms. The van der Waals surface area contributed by atoms with Gasteiger partial charge < -0.3 is 25.3 Å². The van der Waals surface area contributed by atoms with Crippen LogP contribution in [0.5, 0.6) is 0 Å². The lowest BCUT2D eigenvalue weighted by atomic mass is 9.85. The quantitative estimate of drug-likeness (QED) is 0.147. The van der Waals surface area contributed by atoms with E-state index in [1.54, 1.807) is 27.0 Å². The molecule has 2 atom stereocenters. The van der Waals surface area contributed by atoms with Gasteiger partial charge in [-0.05, 0) is 47.4 Å². The Morgan fingerprint density at radius 2 is 1.74 bits per heavy atom. The number of carbonyl (C=O) groups excluding carboxylic acids is 3. The summed E-state index contributed by atoms with van der Waals surface area (Å²) in [7, 11) is -5.77. The first kappa shape index (κ1) is 34.8. The van der Waals surface area contributed by atoms with Gasteiger partial charge in [-0.1, -0.05) is 81.3 Å². The molecule has 250 valence electrons. The van der Waals surface area contributed by atoms with E-state index in [-0.39, 0.29) is 16.2 Å². The number of carbonyl (C=O) groups is 3. The molecule has 4 aromatic rings. The molecule has 10 nitrogen and oxygen atoms in total. The summed E-state index contributed by atoms with van der Waals surface area (Å²) in [4.78, 5) is 66.5. The molecule has 0 bridgehead atoms. The normalized spacial score (nSPS) is 16.8. The Morgan fingerprint density at radius 3 is 2.43 bits per heavy atom. The van der Waals surface area contributed by atoms with Crippen molar-refractivity contribution in [2.45, 2.75) is 64.2 Å². The standard InChI is InChI=1S/C32H35F2N4O6PS2/c1-31(2,3)26(36-28(40)24-17-20-16-21(13-14-23(20)46-24)32(33,34)45(42,43)44)29(41)38-15-9-5-8-12-22(38)27(39)37-30-35-18-25(47-30)19-10-6-4-7-11-19/h4,6-7,10-11,13-14,16-18,22,26H,5,8-9,12,15H2,1-3H3,(H,36,40)(H,35,37,39)(H2,42,43,44). The van der Waals surface area contributed by atoms with Crippen LogP contribution in [0.25, 0.3) is 20.5 Å². The number of likely N-dealkylation sites (tertiary alicyclic amines) is 1. The number of aromatic nitrogens is 1. The van der Waals surface area contributed by atoms with Gasteiger partial charge in [-0.25, -0.2) is 4.98 Å². The Morgan fingerprint density at radius 1 is 1.02 bits per heavy atom. The monoisotopic (exact) mass is 704 g/mol. The molecule has 1 aliphatic rings. The van der Waals surface area contributed by atoms with Crippen molar-refractivity contribution in [2.75, 3.05) is 11.9 Å². The number of halogens is 2. The molecule has 2 unspecified atom stereocenters. The van der Waals surface area contributed by atoms with Crippen LogP contribution in [0.2, 0.25) is 0 Å². The number of thiophene rings is 1. The summed E-state index contributed by atoms with van der Waals surface area (Å²) in [6.45, 7) is 5.71. The number of hydrogen-bond donors (Lipinski definition) is 4. The molecule has 1 aliphatic heterocycles. The molecular formula is C32H35F2N4O6PS2. The summed E-state index contributed by atoms with van der Waals surface area (Å²) >= 11 is 2.33. The van der Waals surface area contributed by atoms with Crippen LogP contribution in [-0.4, -0.2) is 56.0 Å². The van der Waals surface area contributed by atoms with Crippen LogP contribution in [-0.2, 0) is 19.8 Å². The smallest absolute Gasteiger partial charge is 0.339 e. The van der Waals surface area contributed by atoms with Gasteiger partial charge in [0, 0.05) is 23.0 Å². The van der Waals surface area contributed by atoms with Crippen molar-refractivity contribution in [1.29, 1.82) is 0 Å². The van der Waals surface area contributed by atoms with Gasteiger partial charge in [0.05, 0.1) is 9.75 Å². The Balaban J connectivity index is 1.35. The Bertz CT molecular complexity index is 1840. The molecule has 3 amide bonds. The third-order valence-corrected chi connectivity index (χ3v) is 11.0. The van der Waals surface area contributed by atoms with Crippen LogP contribution in [0, 0.1) is 5.41 Å². The van der Waals surface area contributed by atoms with Crippen molar-refractivity contribution in [3.63, 3.8) is 0 Å². The van der Waals surface area contributed by atoms with Crippen molar-refractivity contribution >= 4 is 63.2 Å². The summed E-state index contributed by atoms with van der Waals surface area (Å²) in [6.07, 6.45) is 4.40. The largest absolute Gasteiger partial charge is 0.399 e. The topological polar surface area (TPSA) is 149 Å². The average molecular weight is 705 g/mol. The van der Waals surface area contributed by atoms with Gasteiger partial charge in [-0.3, -0.25) is 18.9 Å². The molecule has 5 rings (SSSR count). The predicted octanol–water partition coefficient (Wildman–Crippen LogP) is 6.81. The molecular weight excluding hydrogens is 669 g/mol. The van der Waals surface area contributed by atoms with Crippen LogP contribution in [0.4, 0.5) is 13.9 Å². The van der Waals surface area contributed by atoms with Crippen LogP contribution in [0.1, 0.15) is 61.7 Å². The maximum absolute atomic E-state index is 14.3. The van der Waals surface area contributed by atoms with Gasteiger partial charge in [0.2, 0.25) is 11.8 Å². The molecule has 4 N–H and O–H groups in total. The number of nitrogens with one attached hydrogen (secondary N) is 2. The molecule has 2 aromatic heterocycles. The lowest BCUT2D eigenvalue weighted by molar-refractivity contribution is -0.142. The third kappa shape index (κ3) is 7.62. The van der Waals surface area contributed by atoms with E-state index in [9.17, 15) is 27.7 Å². The van der Waals surface area contributed by atoms with E-state index >= 15 is 0 Å². The summed E-state index contributed by atoms with van der Waals surface area (Å²) in [5.41, 5.74) is -5.06. The maximum Gasteiger partial charge on any atom is 0.399 e. The SMILES string of the molecule is CC(C)(C)C(NC(=O)c1cc2cc(C(F)(F)P(=O)(O)O)ccc2s1)C(=O)N1CCCCCC1C(=O)Nc1ncc(-c2ccccc2)s1. The number of fused-ring (bicyclic) bond motifs is 1. The van der Waals surface area contributed by atoms with Crippen molar-refractivity contribution in [3.05, 3.63) is 71.2 Å². The fraction of sp³-hybridized carbons (Fsp3) is 0.375. The van der Waals surface area contributed by atoms with Crippen molar-refractivity contribution in [2.24, 2.45) is 5.41 Å². The highest BCUT2D eigenvalue weighted by molar-refractivity contribution is 7.52. The van der Waals surface area contributed by atoms with Crippen molar-refractivity contribution in [3.8, 4) is 10.4 Å². The third-order valence-electron chi connectivity index (χ3n) is 7.97. The molecule has 1 fully saturated rings. The first-order valence-electron chi connectivity index (χ1n) is 15.0. The van der Waals surface area contributed by atoms with E-state index in [2.05, 4.69) is 15.6 Å². The number of amides is 3. The predicted molar refractivity (Wildman–Crippen MR) is 179 cm³/mol. The minimum atomic E-state index is -5.77. The second kappa shape index (κ2) is 13.5. The van der Waals surface area contributed by atoms with Gasteiger partial charge in [0.25, 0.3) is 5.91 Å². The van der Waals surface area contributed by atoms with E-state index in [1.807, 2.05) is 30.3 Å². The van der Waals surface area contributed by atoms with Gasteiger partial charge in [0.15, 0.2) is 5.13 Å². The second-order valence-electron chi connectivity index (χ2n) is 12.5. The summed E-state index contributed by atoms with van der Waals surface area (Å²) in [5, 5.41) is 6.32. The molecule has 1 saturated heterocycles. The number of rotatable bonds is 8. The summed E-state index contributed by atoms with van der Waals surface area (Å²) < 4.78 is 40.5. The zero-order valence-corrected chi connectivity index (χ0v) is 28.4. The highest BCUT2D eigenvalue weighted by Crippen LogP contribution is 2.59. The van der Waals surface area contributed by atoms with E-state index in [0.717, 1.165) is 46.8 Å². The van der Waals surface area contributed by atoms with E-state index in [4.69, 9.17) is 9.79 Å². The number of nitrogens with zero attached hydrogens (tertiary/aromatic N) is 2. The first-order chi connectivity index (χ1) is 22.1. The van der Waals surface area contributed by atoms with Crippen molar-refractivity contribution < 1.29 is 37.5 Å². The molecule has 0 spiro atoms. The number of benzene rings is 2. The lowest BCUT2D eigenvalue weighted by Gasteiger charge is -2.37. The fourth-order valence-corrected chi connectivity index (χ4v) is 7.67. The van der Waals surface area contributed by atoms with Gasteiger partial charge >= 0.3 is 13.3 Å². The van der Waals surface area contributed by atoms with Crippen LogP contribution in [0.3, 0.4) is 0 Å². The zero-order valence-electron chi connectivity index (χ0n) is 25.9. The minimum Gasteiger partial charge on any atom is -0.339 e. The molecule has 0 radical (unpaired) electrons. The van der Waals surface area contributed by atoms with E-state index in [1.165, 1.54) is 28.4 Å². The van der Waals surface area contributed by atoms with Crippen molar-refractivity contribution in [1.82, 2.24) is 15.2 Å². The number of anilines is 1.